The molecule has 0 saturated heterocycles. The van der Waals surface area contributed by atoms with E-state index < -0.39 is 0 Å². The quantitative estimate of drug-likeness (QED) is 0.824. The van der Waals surface area contributed by atoms with Crippen molar-refractivity contribution in [3.8, 4) is 5.75 Å². The molecule has 0 fully saturated rings. The number of anilines is 1. The molecule has 0 aliphatic rings. The van der Waals surface area contributed by atoms with Crippen LogP contribution in [0.15, 0.2) is 30.9 Å². The molecular weight excluding hydrogens is 262 g/mol. The van der Waals surface area contributed by atoms with Crippen LogP contribution in [0.2, 0.25) is 5.02 Å². The van der Waals surface area contributed by atoms with E-state index in [-0.39, 0.29) is 0 Å². The van der Waals surface area contributed by atoms with Gasteiger partial charge in [0.05, 0.1) is 19.1 Å². The zero-order valence-electron chi connectivity index (χ0n) is 11.2. The average molecular weight is 280 g/mol. The van der Waals surface area contributed by atoms with Crippen LogP contribution in [0.4, 0.5) is 5.69 Å². The Morgan fingerprint density at radius 3 is 2.95 bits per heavy atom. The van der Waals surface area contributed by atoms with Crippen LogP contribution in [0, 0.1) is 6.92 Å². The molecule has 0 bridgehead atoms. The Morgan fingerprint density at radius 2 is 2.26 bits per heavy atom. The molecule has 0 radical (unpaired) electrons. The molecular formula is C14H18ClN3O. The minimum atomic E-state index is 0.723. The van der Waals surface area contributed by atoms with Gasteiger partial charge in [-0.25, -0.2) is 4.98 Å². The lowest BCUT2D eigenvalue weighted by atomic mass is 10.2. The van der Waals surface area contributed by atoms with Gasteiger partial charge in [0, 0.05) is 36.6 Å². The highest BCUT2D eigenvalue weighted by atomic mass is 35.5. The lowest BCUT2D eigenvalue weighted by Gasteiger charge is -2.13. The number of halogens is 1. The molecule has 1 N–H and O–H groups in total. The number of nitrogens with zero attached hydrogens (tertiary/aromatic N) is 2. The van der Waals surface area contributed by atoms with E-state index in [1.54, 1.807) is 13.3 Å². The zero-order valence-corrected chi connectivity index (χ0v) is 11.9. The van der Waals surface area contributed by atoms with Crippen molar-refractivity contribution >= 4 is 17.3 Å². The van der Waals surface area contributed by atoms with Crippen molar-refractivity contribution in [2.45, 2.75) is 19.9 Å². The molecule has 2 aromatic rings. The van der Waals surface area contributed by atoms with E-state index in [9.17, 15) is 0 Å². The maximum absolute atomic E-state index is 6.08. The van der Waals surface area contributed by atoms with Crippen LogP contribution in [0.3, 0.4) is 0 Å². The van der Waals surface area contributed by atoms with E-state index in [0.29, 0.717) is 0 Å². The standard InChI is InChI=1S/C14H18ClN3O/c1-11-8-13(14(19-2)9-12(11)15)17-4-3-6-18-7-5-16-10-18/h5,7-10,17H,3-4,6H2,1-2H3. The third-order valence-electron chi connectivity index (χ3n) is 2.95. The number of benzene rings is 1. The fourth-order valence-electron chi connectivity index (χ4n) is 1.87. The Balaban J connectivity index is 1.90. The topological polar surface area (TPSA) is 39.1 Å². The van der Waals surface area contributed by atoms with E-state index in [1.165, 1.54) is 0 Å². The number of aryl methyl sites for hydroxylation is 2. The number of hydrogen-bond acceptors (Lipinski definition) is 3. The van der Waals surface area contributed by atoms with Crippen LogP contribution in [0.25, 0.3) is 0 Å². The second kappa shape index (κ2) is 6.48. The van der Waals surface area contributed by atoms with Crippen molar-refractivity contribution in [2.24, 2.45) is 0 Å². The molecule has 5 heteroatoms. The van der Waals surface area contributed by atoms with Crippen molar-refractivity contribution in [2.75, 3.05) is 19.0 Å². The Morgan fingerprint density at radius 1 is 1.42 bits per heavy atom. The first-order valence-electron chi connectivity index (χ1n) is 6.24. The predicted molar refractivity (Wildman–Crippen MR) is 78.1 cm³/mol. The monoisotopic (exact) mass is 279 g/mol. The fourth-order valence-corrected chi connectivity index (χ4v) is 2.03. The first kappa shape index (κ1) is 13.7. The molecule has 19 heavy (non-hydrogen) atoms. The van der Waals surface area contributed by atoms with Crippen LogP contribution in [0.1, 0.15) is 12.0 Å². The predicted octanol–water partition coefficient (Wildman–Crippen LogP) is 3.36. The summed E-state index contributed by atoms with van der Waals surface area (Å²) < 4.78 is 7.38. The molecule has 0 aliphatic carbocycles. The molecule has 2 rings (SSSR count). The van der Waals surface area contributed by atoms with Crippen LogP contribution in [-0.2, 0) is 6.54 Å². The minimum absolute atomic E-state index is 0.723. The van der Waals surface area contributed by atoms with E-state index in [2.05, 4.69) is 14.9 Å². The molecule has 0 amide bonds. The van der Waals surface area contributed by atoms with Crippen LogP contribution in [-0.4, -0.2) is 23.2 Å². The van der Waals surface area contributed by atoms with Gasteiger partial charge in [0.1, 0.15) is 5.75 Å². The zero-order chi connectivity index (χ0) is 13.7. The summed E-state index contributed by atoms with van der Waals surface area (Å²) in [6, 6.07) is 3.85. The van der Waals surface area contributed by atoms with E-state index >= 15 is 0 Å². The maximum Gasteiger partial charge on any atom is 0.143 e. The van der Waals surface area contributed by atoms with Gasteiger partial charge in [-0.15, -0.1) is 0 Å². The summed E-state index contributed by atoms with van der Waals surface area (Å²) >= 11 is 6.08. The number of methoxy groups -OCH3 is 1. The van der Waals surface area contributed by atoms with Crippen LogP contribution < -0.4 is 10.1 Å². The molecule has 102 valence electrons. The molecule has 1 aromatic carbocycles. The highest BCUT2D eigenvalue weighted by Gasteiger charge is 2.06. The van der Waals surface area contributed by atoms with Crippen molar-refractivity contribution in [1.82, 2.24) is 9.55 Å². The Hall–Kier alpha value is -1.68. The van der Waals surface area contributed by atoms with Crippen molar-refractivity contribution < 1.29 is 4.74 Å². The lowest BCUT2D eigenvalue weighted by Crippen LogP contribution is -2.07. The largest absolute Gasteiger partial charge is 0.495 e. The van der Waals surface area contributed by atoms with Gasteiger partial charge in [-0.1, -0.05) is 11.6 Å². The Kier molecular flexibility index (Phi) is 4.68. The summed E-state index contributed by atoms with van der Waals surface area (Å²) in [5.74, 6) is 0.776. The molecule has 0 saturated carbocycles. The smallest absolute Gasteiger partial charge is 0.143 e. The van der Waals surface area contributed by atoms with Gasteiger partial charge in [0.2, 0.25) is 0 Å². The summed E-state index contributed by atoms with van der Waals surface area (Å²) in [4.78, 5) is 4.02. The number of aromatic nitrogens is 2. The summed E-state index contributed by atoms with van der Waals surface area (Å²) in [6.45, 7) is 3.80. The van der Waals surface area contributed by atoms with Gasteiger partial charge < -0.3 is 14.6 Å². The maximum atomic E-state index is 6.08. The van der Waals surface area contributed by atoms with Gasteiger partial charge in [0.25, 0.3) is 0 Å². The molecule has 0 spiro atoms. The number of ether oxygens (including phenoxy) is 1. The molecule has 0 aliphatic heterocycles. The third-order valence-corrected chi connectivity index (χ3v) is 3.36. The molecule has 0 atom stereocenters. The van der Waals surface area contributed by atoms with Crippen molar-refractivity contribution in [3.05, 3.63) is 41.4 Å². The normalized spacial score (nSPS) is 10.5. The first-order valence-corrected chi connectivity index (χ1v) is 6.62. The van der Waals surface area contributed by atoms with Gasteiger partial charge in [0.15, 0.2) is 0 Å². The Labute approximate surface area is 118 Å². The summed E-state index contributed by atoms with van der Waals surface area (Å²) in [7, 11) is 1.65. The summed E-state index contributed by atoms with van der Waals surface area (Å²) in [6.07, 6.45) is 6.60. The van der Waals surface area contributed by atoms with Crippen LogP contribution >= 0.6 is 11.6 Å². The van der Waals surface area contributed by atoms with E-state index in [0.717, 1.165) is 41.5 Å². The number of hydrogen-bond donors (Lipinski definition) is 1. The molecule has 1 heterocycles. The molecule has 4 nitrogen and oxygen atoms in total. The number of imidazole rings is 1. The number of nitrogens with one attached hydrogen (secondary N) is 1. The summed E-state index contributed by atoms with van der Waals surface area (Å²) in [5, 5.41) is 4.10. The SMILES string of the molecule is COc1cc(Cl)c(C)cc1NCCCn1ccnc1. The molecule has 1 aromatic heterocycles. The van der Waals surface area contributed by atoms with Crippen molar-refractivity contribution in [3.63, 3.8) is 0 Å². The number of rotatable bonds is 6. The van der Waals surface area contributed by atoms with Gasteiger partial charge in [-0.3, -0.25) is 0 Å². The minimum Gasteiger partial charge on any atom is -0.495 e. The van der Waals surface area contributed by atoms with Gasteiger partial charge >= 0.3 is 0 Å². The van der Waals surface area contributed by atoms with E-state index in [1.807, 2.05) is 31.6 Å². The van der Waals surface area contributed by atoms with Gasteiger partial charge in [-0.2, -0.15) is 0 Å². The Bertz CT molecular complexity index is 526. The first-order chi connectivity index (χ1) is 9.20. The van der Waals surface area contributed by atoms with Crippen molar-refractivity contribution in [1.29, 1.82) is 0 Å². The average Bonchev–Trinajstić information content (AvgIpc) is 2.91. The van der Waals surface area contributed by atoms with Crippen LogP contribution in [0.5, 0.6) is 5.75 Å². The molecule has 0 unspecified atom stereocenters. The second-order valence-corrected chi connectivity index (χ2v) is 4.79. The fraction of sp³-hybridized carbons (Fsp3) is 0.357. The van der Waals surface area contributed by atoms with E-state index in [4.69, 9.17) is 16.3 Å². The second-order valence-electron chi connectivity index (χ2n) is 4.38. The lowest BCUT2D eigenvalue weighted by molar-refractivity contribution is 0.416. The van der Waals surface area contributed by atoms with Gasteiger partial charge in [-0.05, 0) is 25.0 Å². The summed E-state index contributed by atoms with van der Waals surface area (Å²) in [5.41, 5.74) is 2.02. The highest BCUT2D eigenvalue weighted by Crippen LogP contribution is 2.30. The highest BCUT2D eigenvalue weighted by molar-refractivity contribution is 6.31. The third kappa shape index (κ3) is 3.64.